The van der Waals surface area contributed by atoms with Gasteiger partial charge in [0.15, 0.2) is 0 Å². The van der Waals surface area contributed by atoms with Crippen LogP contribution in [0, 0.1) is 6.92 Å². The summed E-state index contributed by atoms with van der Waals surface area (Å²) in [7, 11) is 4.03. The first-order valence-corrected chi connectivity index (χ1v) is 7.09. The Morgan fingerprint density at radius 3 is 2.63 bits per heavy atom. The number of amides is 1. The normalized spacial score (nSPS) is 17.5. The maximum Gasteiger partial charge on any atom is 0.254 e. The molecule has 2 rings (SSSR count). The van der Waals surface area contributed by atoms with Crippen LogP contribution in [-0.2, 0) is 0 Å². The molecule has 1 fully saturated rings. The molecule has 0 aromatic heterocycles. The van der Waals surface area contributed by atoms with Gasteiger partial charge in [-0.05, 0) is 57.6 Å². The summed E-state index contributed by atoms with van der Waals surface area (Å²) in [6.07, 6.45) is 2.08. The van der Waals surface area contributed by atoms with E-state index < -0.39 is 0 Å². The molecule has 1 aliphatic heterocycles. The van der Waals surface area contributed by atoms with Crippen LogP contribution in [0.4, 0.5) is 0 Å². The number of carbonyl (C=O) groups excluding carboxylic acids is 1. The van der Waals surface area contributed by atoms with Crippen molar-refractivity contribution in [2.75, 3.05) is 27.2 Å². The van der Waals surface area contributed by atoms with Crippen molar-refractivity contribution in [1.82, 2.24) is 9.80 Å². The summed E-state index contributed by atoms with van der Waals surface area (Å²) in [6.45, 7) is 4.01. The minimum atomic E-state index is 0.0783. The first-order valence-electron chi connectivity index (χ1n) is 6.71. The highest BCUT2D eigenvalue weighted by Gasteiger charge is 2.25. The second kappa shape index (κ2) is 5.93. The average molecular weight is 281 g/mol. The molecule has 0 spiro atoms. The van der Waals surface area contributed by atoms with E-state index in [1.54, 1.807) is 0 Å². The van der Waals surface area contributed by atoms with Gasteiger partial charge in [0, 0.05) is 23.7 Å². The highest BCUT2D eigenvalue weighted by molar-refractivity contribution is 6.31. The Kier molecular flexibility index (Phi) is 4.48. The monoisotopic (exact) mass is 280 g/mol. The van der Waals surface area contributed by atoms with Crippen molar-refractivity contribution >= 4 is 17.5 Å². The highest BCUT2D eigenvalue weighted by Crippen LogP contribution is 2.22. The van der Waals surface area contributed by atoms with Crippen LogP contribution in [0.25, 0.3) is 0 Å². The molecule has 1 saturated heterocycles. The van der Waals surface area contributed by atoms with Crippen molar-refractivity contribution in [2.45, 2.75) is 25.8 Å². The van der Waals surface area contributed by atoms with E-state index in [4.69, 9.17) is 11.6 Å². The Bertz CT molecular complexity index is 467. The van der Waals surface area contributed by atoms with Gasteiger partial charge in [-0.25, -0.2) is 0 Å². The van der Waals surface area contributed by atoms with E-state index in [1.165, 1.54) is 0 Å². The first-order chi connectivity index (χ1) is 9.00. The topological polar surface area (TPSA) is 23.6 Å². The SMILES string of the molecule is Cc1c(Cl)cccc1C(=O)N(C)C1CCN(C)CC1. The largest absolute Gasteiger partial charge is 0.339 e. The van der Waals surface area contributed by atoms with Crippen LogP contribution in [0.15, 0.2) is 18.2 Å². The molecule has 0 bridgehead atoms. The molecule has 19 heavy (non-hydrogen) atoms. The number of hydrogen-bond acceptors (Lipinski definition) is 2. The minimum absolute atomic E-state index is 0.0783. The Morgan fingerprint density at radius 1 is 1.37 bits per heavy atom. The van der Waals surface area contributed by atoms with Crippen molar-refractivity contribution < 1.29 is 4.79 Å². The van der Waals surface area contributed by atoms with Crippen LogP contribution >= 0.6 is 11.6 Å². The Morgan fingerprint density at radius 2 is 2.00 bits per heavy atom. The van der Waals surface area contributed by atoms with E-state index in [1.807, 2.05) is 37.1 Å². The summed E-state index contributed by atoms with van der Waals surface area (Å²) in [6, 6.07) is 5.85. The fraction of sp³-hybridized carbons (Fsp3) is 0.533. The maximum absolute atomic E-state index is 12.6. The predicted molar refractivity (Wildman–Crippen MR) is 78.8 cm³/mol. The van der Waals surface area contributed by atoms with Gasteiger partial charge in [0.1, 0.15) is 0 Å². The molecule has 0 atom stereocenters. The zero-order chi connectivity index (χ0) is 14.0. The van der Waals surface area contributed by atoms with E-state index in [9.17, 15) is 4.79 Å². The van der Waals surface area contributed by atoms with Crippen molar-refractivity contribution in [3.8, 4) is 0 Å². The quantitative estimate of drug-likeness (QED) is 0.832. The van der Waals surface area contributed by atoms with Gasteiger partial charge in [-0.2, -0.15) is 0 Å². The number of halogens is 1. The summed E-state index contributed by atoms with van der Waals surface area (Å²) in [5.41, 5.74) is 1.59. The fourth-order valence-corrected chi connectivity index (χ4v) is 2.75. The fourth-order valence-electron chi connectivity index (χ4n) is 2.58. The molecule has 1 aliphatic rings. The molecular weight excluding hydrogens is 260 g/mol. The molecule has 1 aromatic rings. The lowest BCUT2D eigenvalue weighted by atomic mass is 10.0. The van der Waals surface area contributed by atoms with Crippen LogP contribution in [0.1, 0.15) is 28.8 Å². The van der Waals surface area contributed by atoms with E-state index >= 15 is 0 Å². The van der Waals surface area contributed by atoms with Gasteiger partial charge in [-0.1, -0.05) is 17.7 Å². The number of benzene rings is 1. The molecule has 0 aliphatic carbocycles. The van der Waals surface area contributed by atoms with Gasteiger partial charge in [-0.3, -0.25) is 4.79 Å². The number of carbonyl (C=O) groups is 1. The lowest BCUT2D eigenvalue weighted by molar-refractivity contribution is 0.0659. The number of hydrogen-bond donors (Lipinski definition) is 0. The first kappa shape index (κ1) is 14.4. The van der Waals surface area contributed by atoms with E-state index in [-0.39, 0.29) is 5.91 Å². The molecule has 1 aromatic carbocycles. The molecule has 3 nitrogen and oxygen atoms in total. The maximum atomic E-state index is 12.6. The van der Waals surface area contributed by atoms with E-state index in [2.05, 4.69) is 11.9 Å². The van der Waals surface area contributed by atoms with Crippen LogP contribution < -0.4 is 0 Å². The number of rotatable bonds is 2. The third-order valence-corrected chi connectivity index (χ3v) is 4.46. The summed E-state index contributed by atoms with van der Waals surface area (Å²) in [4.78, 5) is 16.7. The summed E-state index contributed by atoms with van der Waals surface area (Å²) in [5, 5.41) is 0.655. The molecule has 0 N–H and O–H groups in total. The van der Waals surface area contributed by atoms with E-state index in [0.29, 0.717) is 16.6 Å². The molecule has 0 saturated carbocycles. The molecule has 1 heterocycles. The highest BCUT2D eigenvalue weighted by atomic mass is 35.5. The van der Waals surface area contributed by atoms with Crippen molar-refractivity contribution in [1.29, 1.82) is 0 Å². The van der Waals surface area contributed by atoms with Crippen molar-refractivity contribution in [3.05, 3.63) is 34.3 Å². The number of piperidine rings is 1. The van der Waals surface area contributed by atoms with Crippen LogP contribution in [0.3, 0.4) is 0 Å². The van der Waals surface area contributed by atoms with Crippen molar-refractivity contribution in [2.24, 2.45) is 0 Å². The summed E-state index contributed by atoms with van der Waals surface area (Å²) in [5.74, 6) is 0.0783. The average Bonchev–Trinajstić information content (AvgIpc) is 2.41. The van der Waals surface area contributed by atoms with E-state index in [0.717, 1.165) is 31.5 Å². The lowest BCUT2D eigenvalue weighted by Gasteiger charge is -2.35. The number of nitrogens with zero attached hydrogens (tertiary/aromatic N) is 2. The van der Waals surface area contributed by atoms with Gasteiger partial charge < -0.3 is 9.80 Å². The summed E-state index contributed by atoms with van der Waals surface area (Å²) < 4.78 is 0. The smallest absolute Gasteiger partial charge is 0.254 e. The van der Waals surface area contributed by atoms with Gasteiger partial charge in [0.05, 0.1) is 0 Å². The third kappa shape index (κ3) is 3.10. The van der Waals surface area contributed by atoms with Gasteiger partial charge in [0.25, 0.3) is 5.91 Å². The second-order valence-corrected chi connectivity index (χ2v) is 5.77. The molecule has 0 radical (unpaired) electrons. The number of likely N-dealkylation sites (tertiary alicyclic amines) is 1. The third-order valence-electron chi connectivity index (χ3n) is 4.05. The summed E-state index contributed by atoms with van der Waals surface area (Å²) >= 11 is 6.09. The second-order valence-electron chi connectivity index (χ2n) is 5.36. The Hall–Kier alpha value is -1.06. The van der Waals surface area contributed by atoms with Crippen LogP contribution in [-0.4, -0.2) is 48.9 Å². The predicted octanol–water partition coefficient (Wildman–Crippen LogP) is 2.81. The van der Waals surface area contributed by atoms with Crippen LogP contribution in [0.2, 0.25) is 5.02 Å². The van der Waals surface area contributed by atoms with Gasteiger partial charge in [0.2, 0.25) is 0 Å². The Labute approximate surface area is 120 Å². The zero-order valence-corrected chi connectivity index (χ0v) is 12.6. The zero-order valence-electron chi connectivity index (χ0n) is 11.8. The standard InChI is InChI=1S/C15H21ClN2O/c1-11-13(5-4-6-14(11)16)15(19)18(3)12-7-9-17(2)10-8-12/h4-6,12H,7-10H2,1-3H3. The lowest BCUT2D eigenvalue weighted by Crippen LogP contribution is -2.44. The molecule has 4 heteroatoms. The van der Waals surface area contributed by atoms with Gasteiger partial charge >= 0.3 is 0 Å². The molecule has 104 valence electrons. The van der Waals surface area contributed by atoms with Crippen molar-refractivity contribution in [3.63, 3.8) is 0 Å². The Balaban J connectivity index is 2.13. The molecule has 0 unspecified atom stereocenters. The van der Waals surface area contributed by atoms with Crippen LogP contribution in [0.5, 0.6) is 0 Å². The molecular formula is C15H21ClN2O. The minimum Gasteiger partial charge on any atom is -0.339 e. The molecule has 1 amide bonds. The van der Waals surface area contributed by atoms with Gasteiger partial charge in [-0.15, -0.1) is 0 Å².